The van der Waals surface area contributed by atoms with Crippen LogP contribution in [-0.2, 0) is 6.42 Å². The molecule has 0 aliphatic carbocycles. The van der Waals surface area contributed by atoms with E-state index in [1.807, 2.05) is 6.92 Å². The Bertz CT molecular complexity index is 382. The predicted molar refractivity (Wildman–Crippen MR) is 66.7 cm³/mol. The maximum Gasteiger partial charge on any atom is 0.290 e. The van der Waals surface area contributed by atoms with Crippen molar-refractivity contribution in [3.05, 3.63) is 11.6 Å². The number of aromatic amines is 1. The number of amides is 1. The molecule has 17 heavy (non-hydrogen) atoms. The van der Waals surface area contributed by atoms with Crippen LogP contribution in [0.5, 0.6) is 0 Å². The number of hydrogen-bond donors (Lipinski definition) is 2. The molecule has 1 aromatic rings. The van der Waals surface area contributed by atoms with E-state index in [9.17, 15) is 4.79 Å². The van der Waals surface area contributed by atoms with Gasteiger partial charge in [-0.2, -0.15) is 0 Å². The van der Waals surface area contributed by atoms with Gasteiger partial charge in [-0.25, -0.2) is 4.98 Å². The van der Waals surface area contributed by atoms with Crippen molar-refractivity contribution in [3.63, 3.8) is 0 Å². The van der Waals surface area contributed by atoms with E-state index in [4.69, 9.17) is 0 Å². The van der Waals surface area contributed by atoms with E-state index >= 15 is 0 Å². The molecular weight excluding hydrogens is 216 g/mol. The quantitative estimate of drug-likeness (QED) is 0.821. The molecule has 2 N–H and O–H groups in total. The summed E-state index contributed by atoms with van der Waals surface area (Å²) >= 11 is 0. The Balaban J connectivity index is 2.56. The van der Waals surface area contributed by atoms with Crippen molar-refractivity contribution in [2.45, 2.75) is 41.0 Å². The van der Waals surface area contributed by atoms with Crippen molar-refractivity contribution in [1.82, 2.24) is 20.5 Å². The predicted octanol–water partition coefficient (Wildman–Crippen LogP) is 1.78. The minimum absolute atomic E-state index is 0.0690. The molecule has 0 aliphatic heterocycles. The van der Waals surface area contributed by atoms with E-state index in [0.29, 0.717) is 12.5 Å². The summed E-state index contributed by atoms with van der Waals surface area (Å²) in [6, 6.07) is 0. The zero-order chi connectivity index (χ0) is 13.1. The van der Waals surface area contributed by atoms with E-state index in [1.165, 1.54) is 0 Å². The molecule has 0 aliphatic rings. The Morgan fingerprint density at radius 2 is 2.12 bits per heavy atom. The molecule has 0 radical (unpaired) electrons. The monoisotopic (exact) mass is 238 g/mol. The SMILES string of the molecule is CCc1nc(C(=O)NCC(C)(C)C(C)C)n[nH]1. The summed E-state index contributed by atoms with van der Waals surface area (Å²) in [5.74, 6) is 1.25. The smallest absolute Gasteiger partial charge is 0.290 e. The number of hydrogen-bond acceptors (Lipinski definition) is 3. The van der Waals surface area contributed by atoms with E-state index in [-0.39, 0.29) is 17.1 Å². The number of aryl methyl sites for hydroxylation is 1. The summed E-state index contributed by atoms with van der Waals surface area (Å²) in [6.45, 7) is 11.1. The fourth-order valence-corrected chi connectivity index (χ4v) is 1.15. The Morgan fingerprint density at radius 1 is 1.47 bits per heavy atom. The van der Waals surface area contributed by atoms with Gasteiger partial charge in [-0.1, -0.05) is 34.6 Å². The Morgan fingerprint density at radius 3 is 2.59 bits per heavy atom. The molecule has 5 nitrogen and oxygen atoms in total. The van der Waals surface area contributed by atoms with Crippen LogP contribution in [0.25, 0.3) is 0 Å². The van der Waals surface area contributed by atoms with E-state index < -0.39 is 0 Å². The maximum atomic E-state index is 11.8. The van der Waals surface area contributed by atoms with Gasteiger partial charge < -0.3 is 5.32 Å². The summed E-state index contributed by atoms with van der Waals surface area (Å²) in [6.07, 6.45) is 0.748. The number of carbonyl (C=O) groups is 1. The molecule has 0 saturated heterocycles. The third kappa shape index (κ3) is 3.54. The molecule has 0 unspecified atom stereocenters. The minimum Gasteiger partial charge on any atom is -0.349 e. The number of rotatable bonds is 5. The van der Waals surface area contributed by atoms with Crippen LogP contribution in [0.2, 0.25) is 0 Å². The largest absolute Gasteiger partial charge is 0.349 e. The zero-order valence-electron chi connectivity index (χ0n) is 11.3. The average molecular weight is 238 g/mol. The van der Waals surface area contributed by atoms with Crippen LogP contribution in [0.15, 0.2) is 0 Å². The van der Waals surface area contributed by atoms with Gasteiger partial charge in [0.1, 0.15) is 5.82 Å². The van der Waals surface area contributed by atoms with E-state index in [2.05, 4.69) is 48.2 Å². The van der Waals surface area contributed by atoms with Crippen molar-refractivity contribution in [1.29, 1.82) is 0 Å². The van der Waals surface area contributed by atoms with Crippen molar-refractivity contribution in [2.75, 3.05) is 6.54 Å². The molecule has 1 amide bonds. The molecule has 96 valence electrons. The van der Waals surface area contributed by atoms with E-state index in [1.54, 1.807) is 0 Å². The first-order chi connectivity index (χ1) is 7.86. The first-order valence-corrected chi connectivity index (χ1v) is 6.06. The lowest BCUT2D eigenvalue weighted by Crippen LogP contribution is -2.37. The standard InChI is InChI=1S/C12H22N4O/c1-6-9-14-10(16-15-9)11(17)13-7-12(4,5)8(2)3/h8H,6-7H2,1-5H3,(H,13,17)(H,14,15,16). The summed E-state index contributed by atoms with van der Waals surface area (Å²) in [4.78, 5) is 15.9. The fourth-order valence-electron chi connectivity index (χ4n) is 1.15. The third-order valence-electron chi connectivity index (χ3n) is 3.34. The second-order valence-corrected chi connectivity index (χ2v) is 5.29. The minimum atomic E-state index is -0.213. The van der Waals surface area contributed by atoms with Crippen LogP contribution in [0.3, 0.4) is 0 Å². The van der Waals surface area contributed by atoms with Crippen molar-refractivity contribution < 1.29 is 4.79 Å². The second-order valence-electron chi connectivity index (χ2n) is 5.29. The van der Waals surface area contributed by atoms with Gasteiger partial charge in [0, 0.05) is 13.0 Å². The van der Waals surface area contributed by atoms with Gasteiger partial charge in [-0.15, -0.1) is 5.10 Å². The van der Waals surface area contributed by atoms with Crippen molar-refractivity contribution >= 4 is 5.91 Å². The highest BCUT2D eigenvalue weighted by Crippen LogP contribution is 2.24. The summed E-state index contributed by atoms with van der Waals surface area (Å²) < 4.78 is 0. The van der Waals surface area contributed by atoms with Crippen LogP contribution in [-0.4, -0.2) is 27.6 Å². The highest BCUT2D eigenvalue weighted by Gasteiger charge is 2.23. The summed E-state index contributed by atoms with van der Waals surface area (Å²) in [7, 11) is 0. The van der Waals surface area contributed by atoms with Gasteiger partial charge >= 0.3 is 0 Å². The van der Waals surface area contributed by atoms with Crippen LogP contribution in [0.1, 0.15) is 51.1 Å². The third-order valence-corrected chi connectivity index (χ3v) is 3.34. The summed E-state index contributed by atoms with van der Waals surface area (Å²) in [5.41, 5.74) is 0.0690. The topological polar surface area (TPSA) is 70.7 Å². The van der Waals surface area contributed by atoms with Crippen molar-refractivity contribution in [3.8, 4) is 0 Å². The Kier molecular flexibility index (Phi) is 4.26. The maximum absolute atomic E-state index is 11.8. The van der Waals surface area contributed by atoms with Crippen LogP contribution in [0.4, 0.5) is 0 Å². The molecular formula is C12H22N4O. The van der Waals surface area contributed by atoms with E-state index in [0.717, 1.165) is 12.2 Å². The molecule has 1 rings (SSSR count). The highest BCUT2D eigenvalue weighted by atomic mass is 16.2. The van der Waals surface area contributed by atoms with Gasteiger partial charge in [0.25, 0.3) is 5.91 Å². The average Bonchev–Trinajstić information content (AvgIpc) is 2.74. The molecule has 0 aromatic carbocycles. The van der Waals surface area contributed by atoms with Crippen molar-refractivity contribution in [2.24, 2.45) is 11.3 Å². The highest BCUT2D eigenvalue weighted by molar-refractivity contribution is 5.90. The molecule has 0 bridgehead atoms. The van der Waals surface area contributed by atoms with Gasteiger partial charge in [-0.3, -0.25) is 9.89 Å². The molecule has 5 heteroatoms. The Labute approximate surface area is 102 Å². The van der Waals surface area contributed by atoms with Crippen LogP contribution in [0, 0.1) is 11.3 Å². The Hall–Kier alpha value is -1.39. The first-order valence-electron chi connectivity index (χ1n) is 6.06. The van der Waals surface area contributed by atoms with Gasteiger partial charge in [0.05, 0.1) is 0 Å². The number of nitrogens with zero attached hydrogens (tertiary/aromatic N) is 2. The fraction of sp³-hybridized carbons (Fsp3) is 0.750. The lowest BCUT2D eigenvalue weighted by Gasteiger charge is -2.29. The second kappa shape index (κ2) is 5.29. The molecule has 0 fully saturated rings. The molecule has 0 saturated carbocycles. The van der Waals surface area contributed by atoms with Crippen LogP contribution < -0.4 is 5.32 Å². The zero-order valence-corrected chi connectivity index (χ0v) is 11.3. The van der Waals surface area contributed by atoms with Gasteiger partial charge in [0.2, 0.25) is 5.82 Å². The molecule has 0 atom stereocenters. The van der Waals surface area contributed by atoms with Gasteiger partial charge in [-0.05, 0) is 11.3 Å². The molecule has 1 heterocycles. The molecule has 1 aromatic heterocycles. The number of H-pyrrole nitrogens is 1. The number of carbonyl (C=O) groups excluding carboxylic acids is 1. The van der Waals surface area contributed by atoms with Gasteiger partial charge in [0.15, 0.2) is 0 Å². The van der Waals surface area contributed by atoms with Crippen LogP contribution >= 0.6 is 0 Å². The lowest BCUT2D eigenvalue weighted by molar-refractivity contribution is 0.0914. The normalized spacial score (nSPS) is 11.9. The first kappa shape index (κ1) is 13.7. The number of nitrogens with one attached hydrogen (secondary N) is 2. The number of aromatic nitrogens is 3. The lowest BCUT2D eigenvalue weighted by atomic mass is 9.81. The molecule has 0 spiro atoms. The summed E-state index contributed by atoms with van der Waals surface area (Å²) in [5, 5.41) is 9.49.